The molecule has 1 amide bonds. The van der Waals surface area contributed by atoms with Crippen LogP contribution in [0, 0.1) is 5.82 Å². The third-order valence-corrected chi connectivity index (χ3v) is 7.90. The van der Waals surface area contributed by atoms with Gasteiger partial charge in [0.05, 0.1) is 5.75 Å². The minimum Gasteiger partial charge on any atom is -0.369 e. The predicted molar refractivity (Wildman–Crippen MR) is 133 cm³/mol. The molecule has 0 aromatic heterocycles. The molecule has 1 heterocycles. The number of piperazine rings is 1. The van der Waals surface area contributed by atoms with Crippen LogP contribution in [0.25, 0.3) is 11.1 Å². The molecule has 1 N–H and O–H groups in total. The maximum atomic E-state index is 13.1. The summed E-state index contributed by atoms with van der Waals surface area (Å²) >= 11 is 0. The van der Waals surface area contributed by atoms with Gasteiger partial charge < -0.3 is 10.2 Å². The fourth-order valence-electron chi connectivity index (χ4n) is 4.01. The van der Waals surface area contributed by atoms with Crippen molar-refractivity contribution < 1.29 is 17.6 Å². The molecular weight excluding hydrogens is 453 g/mol. The lowest BCUT2D eigenvalue weighted by molar-refractivity contribution is 0.0953. The Balaban J connectivity index is 1.21. The number of carbonyl (C=O) groups excluding carboxylic acids is 1. The lowest BCUT2D eigenvalue weighted by Gasteiger charge is -2.35. The maximum absolute atomic E-state index is 13.1. The van der Waals surface area contributed by atoms with Crippen molar-refractivity contribution in [2.75, 3.05) is 43.4 Å². The molecule has 3 aromatic rings. The number of rotatable bonds is 8. The van der Waals surface area contributed by atoms with Crippen molar-refractivity contribution in [2.24, 2.45) is 0 Å². The van der Waals surface area contributed by atoms with Crippen molar-refractivity contribution in [2.45, 2.75) is 6.42 Å². The molecule has 0 unspecified atom stereocenters. The van der Waals surface area contributed by atoms with Gasteiger partial charge in [0.1, 0.15) is 5.82 Å². The van der Waals surface area contributed by atoms with E-state index >= 15 is 0 Å². The zero-order valence-corrected chi connectivity index (χ0v) is 19.7. The van der Waals surface area contributed by atoms with Crippen molar-refractivity contribution in [3.8, 4) is 11.1 Å². The minimum atomic E-state index is -3.40. The molecule has 6 nitrogen and oxygen atoms in total. The quantitative estimate of drug-likeness (QED) is 0.498. The van der Waals surface area contributed by atoms with Crippen molar-refractivity contribution in [1.29, 1.82) is 0 Å². The van der Waals surface area contributed by atoms with Crippen LogP contribution in [-0.4, -0.2) is 57.1 Å². The zero-order chi connectivity index (χ0) is 24.0. The second-order valence-electron chi connectivity index (χ2n) is 8.23. The SMILES string of the molecule is O=C(NCCCS(=O)(=O)N1CCN(c2ccc(F)cc2)CC1)c1ccc(-c2ccccc2)cc1. The van der Waals surface area contributed by atoms with Gasteiger partial charge in [0.15, 0.2) is 0 Å². The maximum Gasteiger partial charge on any atom is 0.251 e. The number of amides is 1. The van der Waals surface area contributed by atoms with Gasteiger partial charge in [-0.1, -0.05) is 42.5 Å². The van der Waals surface area contributed by atoms with Gasteiger partial charge in [-0.15, -0.1) is 0 Å². The summed E-state index contributed by atoms with van der Waals surface area (Å²) in [5.74, 6) is -0.525. The smallest absolute Gasteiger partial charge is 0.251 e. The number of benzene rings is 3. The Kier molecular flexibility index (Phi) is 7.59. The van der Waals surface area contributed by atoms with E-state index in [1.165, 1.54) is 16.4 Å². The van der Waals surface area contributed by atoms with E-state index in [0.29, 0.717) is 38.2 Å². The summed E-state index contributed by atoms with van der Waals surface area (Å²) < 4.78 is 40.0. The van der Waals surface area contributed by atoms with Gasteiger partial charge in [-0.25, -0.2) is 12.8 Å². The number of hydrogen-bond acceptors (Lipinski definition) is 4. The molecule has 0 aliphatic carbocycles. The highest BCUT2D eigenvalue weighted by molar-refractivity contribution is 7.89. The average molecular weight is 482 g/mol. The molecule has 1 fully saturated rings. The normalized spacial score (nSPS) is 14.7. The van der Waals surface area contributed by atoms with E-state index in [2.05, 4.69) is 10.2 Å². The van der Waals surface area contributed by atoms with Crippen LogP contribution < -0.4 is 10.2 Å². The topological polar surface area (TPSA) is 69.7 Å². The van der Waals surface area contributed by atoms with Gasteiger partial charge in [-0.2, -0.15) is 4.31 Å². The van der Waals surface area contributed by atoms with E-state index in [1.54, 1.807) is 24.3 Å². The average Bonchev–Trinajstić information content (AvgIpc) is 2.88. The molecule has 4 rings (SSSR count). The Hall–Kier alpha value is -3.23. The molecule has 1 aliphatic heterocycles. The summed E-state index contributed by atoms with van der Waals surface area (Å²) in [5, 5.41) is 2.81. The molecule has 34 heavy (non-hydrogen) atoms. The summed E-state index contributed by atoms with van der Waals surface area (Å²) in [6, 6.07) is 23.5. The lowest BCUT2D eigenvalue weighted by atomic mass is 10.0. The fraction of sp³-hybridized carbons (Fsp3) is 0.269. The van der Waals surface area contributed by atoms with E-state index in [0.717, 1.165) is 16.8 Å². The zero-order valence-electron chi connectivity index (χ0n) is 18.9. The number of carbonyl (C=O) groups is 1. The van der Waals surface area contributed by atoms with E-state index in [4.69, 9.17) is 0 Å². The van der Waals surface area contributed by atoms with Crippen molar-refractivity contribution in [1.82, 2.24) is 9.62 Å². The molecule has 0 spiro atoms. The van der Waals surface area contributed by atoms with Crippen LogP contribution in [0.15, 0.2) is 78.9 Å². The van der Waals surface area contributed by atoms with E-state index in [1.807, 2.05) is 42.5 Å². The highest BCUT2D eigenvalue weighted by Crippen LogP contribution is 2.20. The van der Waals surface area contributed by atoms with Gasteiger partial charge in [0.25, 0.3) is 5.91 Å². The van der Waals surface area contributed by atoms with Gasteiger partial charge in [-0.05, 0) is 53.9 Å². The van der Waals surface area contributed by atoms with Crippen LogP contribution in [0.5, 0.6) is 0 Å². The summed E-state index contributed by atoms with van der Waals surface area (Å²) in [6.45, 7) is 2.18. The van der Waals surface area contributed by atoms with E-state index in [9.17, 15) is 17.6 Å². The second kappa shape index (κ2) is 10.8. The number of hydrogen-bond donors (Lipinski definition) is 1. The molecule has 8 heteroatoms. The summed E-state index contributed by atoms with van der Waals surface area (Å²) in [6.07, 6.45) is 0.342. The third kappa shape index (κ3) is 6.01. The molecule has 0 radical (unpaired) electrons. The van der Waals surface area contributed by atoms with Crippen molar-refractivity contribution in [3.63, 3.8) is 0 Å². The largest absolute Gasteiger partial charge is 0.369 e. The minimum absolute atomic E-state index is 0.0171. The fourth-order valence-corrected chi connectivity index (χ4v) is 5.50. The highest BCUT2D eigenvalue weighted by Gasteiger charge is 2.26. The summed E-state index contributed by atoms with van der Waals surface area (Å²) in [7, 11) is -3.40. The Morgan fingerprint density at radius 2 is 1.44 bits per heavy atom. The third-order valence-electron chi connectivity index (χ3n) is 5.94. The Morgan fingerprint density at radius 1 is 0.824 bits per heavy atom. The Bertz CT molecular complexity index is 1190. The monoisotopic (exact) mass is 481 g/mol. The molecule has 3 aromatic carbocycles. The van der Waals surface area contributed by atoms with Crippen molar-refractivity contribution in [3.05, 3.63) is 90.2 Å². The molecule has 1 aliphatic rings. The molecule has 1 saturated heterocycles. The summed E-state index contributed by atoms with van der Waals surface area (Å²) in [5.41, 5.74) is 3.54. The number of halogens is 1. The first kappa shape index (κ1) is 23.9. The van der Waals surface area contributed by atoms with Crippen LogP contribution in [0.2, 0.25) is 0 Å². The number of nitrogens with one attached hydrogen (secondary N) is 1. The van der Waals surface area contributed by atoms with Crippen LogP contribution >= 0.6 is 0 Å². The van der Waals surface area contributed by atoms with Gasteiger partial charge in [0, 0.05) is 44.0 Å². The molecule has 0 bridgehead atoms. The van der Waals surface area contributed by atoms with E-state index in [-0.39, 0.29) is 24.0 Å². The molecular formula is C26H28FN3O3S. The second-order valence-corrected chi connectivity index (χ2v) is 10.3. The van der Waals surface area contributed by atoms with Crippen LogP contribution in [0.1, 0.15) is 16.8 Å². The van der Waals surface area contributed by atoms with Crippen LogP contribution in [0.3, 0.4) is 0 Å². The van der Waals surface area contributed by atoms with Crippen LogP contribution in [-0.2, 0) is 10.0 Å². The number of sulfonamides is 1. The molecule has 0 atom stereocenters. The summed E-state index contributed by atoms with van der Waals surface area (Å²) in [4.78, 5) is 14.5. The first-order valence-corrected chi connectivity index (χ1v) is 13.0. The van der Waals surface area contributed by atoms with Crippen LogP contribution in [0.4, 0.5) is 10.1 Å². The van der Waals surface area contributed by atoms with Gasteiger partial charge in [-0.3, -0.25) is 4.79 Å². The van der Waals surface area contributed by atoms with Gasteiger partial charge in [0.2, 0.25) is 10.0 Å². The first-order valence-electron chi connectivity index (χ1n) is 11.3. The highest BCUT2D eigenvalue weighted by atomic mass is 32.2. The molecule has 178 valence electrons. The van der Waals surface area contributed by atoms with Gasteiger partial charge >= 0.3 is 0 Å². The Labute approximate surface area is 200 Å². The first-order chi connectivity index (χ1) is 16.4. The predicted octanol–water partition coefficient (Wildman–Crippen LogP) is 3.76. The van der Waals surface area contributed by atoms with Crippen molar-refractivity contribution >= 4 is 21.6 Å². The lowest BCUT2D eigenvalue weighted by Crippen LogP contribution is -2.49. The number of nitrogens with zero attached hydrogens (tertiary/aromatic N) is 2. The standard InChI is InChI=1S/C26H28FN3O3S/c27-24-11-13-25(14-12-24)29-16-18-30(19-17-29)34(32,33)20-4-15-28-26(31)23-9-7-22(8-10-23)21-5-2-1-3-6-21/h1-3,5-14H,4,15-20H2,(H,28,31). The van der Waals surface area contributed by atoms with E-state index < -0.39 is 10.0 Å². The number of anilines is 1. The molecule has 0 saturated carbocycles. The Morgan fingerprint density at radius 3 is 2.09 bits per heavy atom.